The van der Waals surface area contributed by atoms with Crippen LogP contribution in [-0.2, 0) is 6.54 Å². The molecule has 0 aliphatic heterocycles. The van der Waals surface area contributed by atoms with E-state index < -0.39 is 0 Å². The molecule has 16 heavy (non-hydrogen) atoms. The SMILES string of the molecule is NCC1(CNCc2ccsc2)CCCCC1. The van der Waals surface area contributed by atoms with Crippen molar-refractivity contribution in [2.45, 2.75) is 38.6 Å². The summed E-state index contributed by atoms with van der Waals surface area (Å²) in [5.74, 6) is 0. The second-order valence-corrected chi connectivity index (χ2v) is 5.78. The summed E-state index contributed by atoms with van der Waals surface area (Å²) in [6.07, 6.45) is 6.72. The maximum atomic E-state index is 5.96. The number of nitrogens with two attached hydrogens (primary N) is 1. The third-order valence-corrected chi connectivity index (χ3v) is 4.49. The Kier molecular flexibility index (Phi) is 4.38. The second kappa shape index (κ2) is 5.80. The van der Waals surface area contributed by atoms with Gasteiger partial charge in [-0.15, -0.1) is 0 Å². The molecule has 0 spiro atoms. The van der Waals surface area contributed by atoms with Crippen LogP contribution >= 0.6 is 11.3 Å². The molecule has 3 N–H and O–H groups in total. The van der Waals surface area contributed by atoms with E-state index in [1.165, 1.54) is 37.7 Å². The molecular formula is C13H22N2S. The van der Waals surface area contributed by atoms with Crippen molar-refractivity contribution in [1.29, 1.82) is 0 Å². The van der Waals surface area contributed by atoms with Gasteiger partial charge in [0.25, 0.3) is 0 Å². The molecule has 0 saturated heterocycles. The molecule has 2 rings (SSSR count). The van der Waals surface area contributed by atoms with Crippen LogP contribution in [0.5, 0.6) is 0 Å². The Morgan fingerprint density at radius 1 is 1.31 bits per heavy atom. The zero-order valence-corrected chi connectivity index (χ0v) is 10.7. The van der Waals surface area contributed by atoms with E-state index in [2.05, 4.69) is 22.1 Å². The molecule has 1 aliphatic rings. The minimum Gasteiger partial charge on any atom is -0.330 e. The Morgan fingerprint density at radius 2 is 2.12 bits per heavy atom. The van der Waals surface area contributed by atoms with Gasteiger partial charge >= 0.3 is 0 Å². The lowest BCUT2D eigenvalue weighted by atomic mass is 9.74. The minimum absolute atomic E-state index is 0.383. The summed E-state index contributed by atoms with van der Waals surface area (Å²) in [5.41, 5.74) is 7.74. The predicted octanol–water partition coefficient (Wildman–Crippen LogP) is 2.75. The molecule has 1 fully saturated rings. The Labute approximate surface area is 102 Å². The van der Waals surface area contributed by atoms with Gasteiger partial charge in [0.1, 0.15) is 0 Å². The third kappa shape index (κ3) is 3.06. The van der Waals surface area contributed by atoms with E-state index >= 15 is 0 Å². The monoisotopic (exact) mass is 238 g/mol. The van der Waals surface area contributed by atoms with Gasteiger partial charge in [0.15, 0.2) is 0 Å². The zero-order chi connectivity index (χ0) is 11.3. The van der Waals surface area contributed by atoms with Crippen LogP contribution in [0.15, 0.2) is 16.8 Å². The summed E-state index contributed by atoms with van der Waals surface area (Å²) in [6, 6.07) is 2.19. The lowest BCUT2D eigenvalue weighted by Gasteiger charge is -2.36. The average Bonchev–Trinajstić information content (AvgIpc) is 2.83. The maximum absolute atomic E-state index is 5.96. The van der Waals surface area contributed by atoms with Crippen LogP contribution in [0.25, 0.3) is 0 Å². The fourth-order valence-electron chi connectivity index (χ4n) is 2.62. The molecule has 3 heteroatoms. The molecule has 90 valence electrons. The Balaban J connectivity index is 1.78. The lowest BCUT2D eigenvalue weighted by Crippen LogP contribution is -2.41. The van der Waals surface area contributed by atoms with Crippen LogP contribution in [0.4, 0.5) is 0 Å². The topological polar surface area (TPSA) is 38.0 Å². The van der Waals surface area contributed by atoms with Crippen LogP contribution in [0.2, 0.25) is 0 Å². The standard InChI is InChI=1S/C13H22N2S/c14-10-13(5-2-1-3-6-13)11-15-8-12-4-7-16-9-12/h4,7,9,15H,1-3,5-6,8,10-11,14H2. The first-order valence-electron chi connectivity index (χ1n) is 6.27. The van der Waals surface area contributed by atoms with Crippen molar-refractivity contribution >= 4 is 11.3 Å². The molecule has 0 atom stereocenters. The molecular weight excluding hydrogens is 216 g/mol. The smallest absolute Gasteiger partial charge is 0.0213 e. The summed E-state index contributed by atoms with van der Waals surface area (Å²) >= 11 is 1.77. The van der Waals surface area contributed by atoms with E-state index in [1.807, 2.05) is 0 Å². The third-order valence-electron chi connectivity index (χ3n) is 3.76. The fraction of sp³-hybridized carbons (Fsp3) is 0.692. The highest BCUT2D eigenvalue weighted by Gasteiger charge is 2.29. The Bertz CT molecular complexity index is 289. The highest BCUT2D eigenvalue weighted by atomic mass is 32.1. The van der Waals surface area contributed by atoms with Gasteiger partial charge < -0.3 is 11.1 Å². The van der Waals surface area contributed by atoms with Crippen LogP contribution < -0.4 is 11.1 Å². The van der Waals surface area contributed by atoms with Gasteiger partial charge in [-0.25, -0.2) is 0 Å². The van der Waals surface area contributed by atoms with Crippen molar-refractivity contribution in [3.8, 4) is 0 Å². The van der Waals surface area contributed by atoms with Crippen LogP contribution in [0.3, 0.4) is 0 Å². The van der Waals surface area contributed by atoms with Crippen molar-refractivity contribution in [2.75, 3.05) is 13.1 Å². The van der Waals surface area contributed by atoms with Gasteiger partial charge in [-0.2, -0.15) is 11.3 Å². The molecule has 1 saturated carbocycles. The van der Waals surface area contributed by atoms with Gasteiger partial charge in [0.05, 0.1) is 0 Å². The van der Waals surface area contributed by atoms with Crippen molar-refractivity contribution in [3.05, 3.63) is 22.4 Å². The van der Waals surface area contributed by atoms with Crippen LogP contribution in [0, 0.1) is 5.41 Å². The first-order valence-corrected chi connectivity index (χ1v) is 7.21. The zero-order valence-electron chi connectivity index (χ0n) is 9.87. The second-order valence-electron chi connectivity index (χ2n) is 5.00. The van der Waals surface area contributed by atoms with E-state index in [0.29, 0.717) is 5.41 Å². The van der Waals surface area contributed by atoms with Crippen LogP contribution in [0.1, 0.15) is 37.7 Å². The maximum Gasteiger partial charge on any atom is 0.0213 e. The van der Waals surface area contributed by atoms with Crippen molar-refractivity contribution < 1.29 is 0 Å². The summed E-state index contributed by atoms with van der Waals surface area (Å²) in [7, 11) is 0. The lowest BCUT2D eigenvalue weighted by molar-refractivity contribution is 0.191. The van der Waals surface area contributed by atoms with E-state index in [0.717, 1.165) is 19.6 Å². The largest absolute Gasteiger partial charge is 0.330 e. The molecule has 0 aromatic carbocycles. The van der Waals surface area contributed by atoms with Gasteiger partial charge in [0, 0.05) is 13.1 Å². The predicted molar refractivity (Wildman–Crippen MR) is 70.6 cm³/mol. The Morgan fingerprint density at radius 3 is 2.75 bits per heavy atom. The normalized spacial score (nSPS) is 19.8. The number of rotatable bonds is 5. The molecule has 1 aromatic rings. The summed E-state index contributed by atoms with van der Waals surface area (Å²) in [4.78, 5) is 0. The minimum atomic E-state index is 0.383. The highest BCUT2D eigenvalue weighted by Crippen LogP contribution is 2.34. The molecule has 0 unspecified atom stereocenters. The molecule has 0 radical (unpaired) electrons. The summed E-state index contributed by atoms with van der Waals surface area (Å²) in [6.45, 7) is 2.91. The first-order chi connectivity index (χ1) is 7.85. The Hall–Kier alpha value is -0.380. The van der Waals surface area contributed by atoms with Gasteiger partial charge in [-0.05, 0) is 47.2 Å². The molecule has 0 amide bonds. The van der Waals surface area contributed by atoms with Crippen molar-refractivity contribution in [2.24, 2.45) is 11.1 Å². The van der Waals surface area contributed by atoms with E-state index in [4.69, 9.17) is 5.73 Å². The van der Waals surface area contributed by atoms with Crippen molar-refractivity contribution in [3.63, 3.8) is 0 Å². The summed E-state index contributed by atoms with van der Waals surface area (Å²) < 4.78 is 0. The average molecular weight is 238 g/mol. The van der Waals surface area contributed by atoms with E-state index in [1.54, 1.807) is 11.3 Å². The van der Waals surface area contributed by atoms with Gasteiger partial charge in [0.2, 0.25) is 0 Å². The fourth-order valence-corrected chi connectivity index (χ4v) is 3.29. The molecule has 1 heterocycles. The van der Waals surface area contributed by atoms with Crippen molar-refractivity contribution in [1.82, 2.24) is 5.32 Å². The molecule has 1 aromatic heterocycles. The van der Waals surface area contributed by atoms with Gasteiger partial charge in [-0.3, -0.25) is 0 Å². The van der Waals surface area contributed by atoms with E-state index in [9.17, 15) is 0 Å². The first kappa shape index (κ1) is 12.1. The van der Waals surface area contributed by atoms with Gasteiger partial charge in [-0.1, -0.05) is 19.3 Å². The number of hydrogen-bond acceptors (Lipinski definition) is 3. The number of nitrogens with one attached hydrogen (secondary N) is 1. The van der Waals surface area contributed by atoms with E-state index in [-0.39, 0.29) is 0 Å². The molecule has 2 nitrogen and oxygen atoms in total. The summed E-state index contributed by atoms with van der Waals surface area (Å²) in [5, 5.41) is 7.92. The quantitative estimate of drug-likeness (QED) is 0.828. The molecule has 1 aliphatic carbocycles. The number of hydrogen-bond donors (Lipinski definition) is 2. The molecule has 0 bridgehead atoms. The van der Waals surface area contributed by atoms with Crippen LogP contribution in [-0.4, -0.2) is 13.1 Å². The highest BCUT2D eigenvalue weighted by molar-refractivity contribution is 7.07. The number of thiophene rings is 1.